The van der Waals surface area contributed by atoms with E-state index < -0.39 is 11.8 Å². The Hall–Kier alpha value is -3.21. The lowest BCUT2D eigenvalue weighted by molar-refractivity contribution is -0.151. The van der Waals surface area contributed by atoms with Gasteiger partial charge in [-0.3, -0.25) is 14.6 Å². The van der Waals surface area contributed by atoms with Gasteiger partial charge in [0.2, 0.25) is 0 Å². The molecule has 5 heteroatoms. The Balaban J connectivity index is 1.59. The SMILES string of the molecule is CCC1=NC2=C(C(=O)CC(c3c(C)cc(C)cc3C)C2)C(c2cccc(O)c2)C1C(=O)OC1CCCC1. The van der Waals surface area contributed by atoms with Crippen LogP contribution in [0.4, 0.5) is 0 Å². The highest BCUT2D eigenvalue weighted by molar-refractivity contribution is 6.09. The molecule has 5 nitrogen and oxygen atoms in total. The van der Waals surface area contributed by atoms with Crippen molar-refractivity contribution in [2.45, 2.75) is 90.6 Å². The lowest BCUT2D eigenvalue weighted by Gasteiger charge is -2.38. The Kier molecular flexibility index (Phi) is 7.06. The molecule has 2 aliphatic carbocycles. The number of Topliss-reactive ketones (excluding diaryl/α,β-unsaturated/α-hetero) is 1. The highest BCUT2D eigenvalue weighted by Gasteiger charge is 2.46. The van der Waals surface area contributed by atoms with Crippen LogP contribution in [0, 0.1) is 26.7 Å². The topological polar surface area (TPSA) is 76.0 Å². The average Bonchev–Trinajstić information content (AvgIpc) is 3.35. The Bertz CT molecular complexity index is 1270. The fourth-order valence-electron chi connectivity index (χ4n) is 6.90. The summed E-state index contributed by atoms with van der Waals surface area (Å²) in [6.07, 6.45) is 5.49. The molecular weight excluding hydrogens is 462 g/mol. The molecule has 0 spiro atoms. The van der Waals surface area contributed by atoms with E-state index in [-0.39, 0.29) is 29.5 Å². The number of phenolic OH excluding ortho intramolecular Hbond substituents is 1. The standard InChI is InChI=1S/C32H37NO4/c1-5-25-31(32(36)37-24-11-6-7-12-24)29(21-9-8-10-23(34)15-21)30-26(33-25)16-22(17-27(30)35)28-19(3)13-18(2)14-20(28)4/h8-10,13-15,22,24,29,31,34H,5-7,11-12,16-17H2,1-4H3. The molecule has 5 rings (SSSR count). The third-order valence-corrected chi connectivity index (χ3v) is 8.34. The van der Waals surface area contributed by atoms with Gasteiger partial charge in [0, 0.05) is 29.3 Å². The van der Waals surface area contributed by atoms with Crippen molar-refractivity contribution < 1.29 is 19.4 Å². The number of aromatic hydroxyl groups is 1. The van der Waals surface area contributed by atoms with Crippen molar-refractivity contribution in [3.63, 3.8) is 0 Å². The smallest absolute Gasteiger partial charge is 0.315 e. The molecule has 3 unspecified atom stereocenters. The highest BCUT2D eigenvalue weighted by Crippen LogP contribution is 2.48. The number of ketones is 1. The summed E-state index contributed by atoms with van der Waals surface area (Å²) in [5.41, 5.74) is 7.80. The van der Waals surface area contributed by atoms with E-state index in [9.17, 15) is 14.7 Å². The van der Waals surface area contributed by atoms with Crippen LogP contribution in [0.1, 0.15) is 91.5 Å². The zero-order valence-electron chi connectivity index (χ0n) is 22.3. The normalized spacial score (nSPS) is 24.2. The molecule has 0 saturated heterocycles. The van der Waals surface area contributed by atoms with Gasteiger partial charge in [-0.2, -0.15) is 0 Å². The van der Waals surface area contributed by atoms with E-state index in [1.807, 2.05) is 13.0 Å². The van der Waals surface area contributed by atoms with Gasteiger partial charge in [-0.05, 0) is 99.6 Å². The number of benzene rings is 2. The number of aliphatic imine (C=N–C) groups is 1. The van der Waals surface area contributed by atoms with Crippen LogP contribution in [-0.4, -0.2) is 28.7 Å². The zero-order chi connectivity index (χ0) is 26.3. The fraction of sp³-hybridized carbons (Fsp3) is 0.469. The van der Waals surface area contributed by atoms with Crippen LogP contribution in [-0.2, 0) is 14.3 Å². The lowest BCUT2D eigenvalue weighted by Crippen LogP contribution is -2.39. The second kappa shape index (κ2) is 10.3. The van der Waals surface area contributed by atoms with E-state index in [0.29, 0.717) is 24.8 Å². The summed E-state index contributed by atoms with van der Waals surface area (Å²) >= 11 is 0. The van der Waals surface area contributed by atoms with Crippen LogP contribution in [0.5, 0.6) is 5.75 Å². The van der Waals surface area contributed by atoms with Gasteiger partial charge in [-0.1, -0.05) is 36.8 Å². The Morgan fingerprint density at radius 3 is 2.41 bits per heavy atom. The Morgan fingerprint density at radius 2 is 1.76 bits per heavy atom. The average molecular weight is 500 g/mol. The van der Waals surface area contributed by atoms with Crippen molar-refractivity contribution in [2.24, 2.45) is 10.9 Å². The lowest BCUT2D eigenvalue weighted by atomic mass is 9.68. The summed E-state index contributed by atoms with van der Waals surface area (Å²) < 4.78 is 6.00. The first-order valence-electron chi connectivity index (χ1n) is 13.7. The predicted octanol–water partition coefficient (Wildman–Crippen LogP) is 6.77. The Labute approximate surface area is 219 Å². The number of allylic oxidation sites excluding steroid dienone is 2. The number of phenols is 1. The van der Waals surface area contributed by atoms with E-state index in [1.165, 1.54) is 22.3 Å². The zero-order valence-corrected chi connectivity index (χ0v) is 22.3. The quantitative estimate of drug-likeness (QED) is 0.461. The highest BCUT2D eigenvalue weighted by atomic mass is 16.5. The summed E-state index contributed by atoms with van der Waals surface area (Å²) in [6, 6.07) is 11.3. The first kappa shape index (κ1) is 25.4. The van der Waals surface area contributed by atoms with Gasteiger partial charge in [-0.25, -0.2) is 0 Å². The number of hydrogen-bond acceptors (Lipinski definition) is 5. The minimum atomic E-state index is -0.658. The maximum atomic E-state index is 13.9. The van der Waals surface area contributed by atoms with Crippen LogP contribution in [0.2, 0.25) is 0 Å². The van der Waals surface area contributed by atoms with E-state index in [0.717, 1.165) is 42.7 Å². The number of carbonyl (C=O) groups is 2. The summed E-state index contributed by atoms with van der Waals surface area (Å²) in [4.78, 5) is 32.6. The first-order valence-corrected chi connectivity index (χ1v) is 13.7. The van der Waals surface area contributed by atoms with Crippen molar-refractivity contribution >= 4 is 17.5 Å². The van der Waals surface area contributed by atoms with Crippen LogP contribution >= 0.6 is 0 Å². The second-order valence-electron chi connectivity index (χ2n) is 11.1. The molecule has 1 fully saturated rings. The van der Waals surface area contributed by atoms with Gasteiger partial charge in [0.25, 0.3) is 0 Å². The molecule has 0 radical (unpaired) electrons. The van der Waals surface area contributed by atoms with E-state index in [1.54, 1.807) is 18.2 Å². The number of rotatable bonds is 5. The number of hydrogen-bond donors (Lipinski definition) is 1. The van der Waals surface area contributed by atoms with Gasteiger partial charge in [0.1, 0.15) is 17.8 Å². The molecule has 1 N–H and O–H groups in total. The predicted molar refractivity (Wildman–Crippen MR) is 145 cm³/mol. The molecule has 2 aromatic rings. The van der Waals surface area contributed by atoms with Crippen molar-refractivity contribution in [2.75, 3.05) is 0 Å². The van der Waals surface area contributed by atoms with Gasteiger partial charge in [0.05, 0.1) is 0 Å². The Morgan fingerprint density at radius 1 is 1.05 bits per heavy atom. The summed E-state index contributed by atoms with van der Waals surface area (Å²) in [5, 5.41) is 10.3. The molecule has 0 aromatic heterocycles. The third-order valence-electron chi connectivity index (χ3n) is 8.34. The first-order chi connectivity index (χ1) is 17.8. The number of nitrogens with zero attached hydrogens (tertiary/aromatic N) is 1. The van der Waals surface area contributed by atoms with Crippen LogP contribution in [0.25, 0.3) is 0 Å². The molecule has 194 valence electrons. The van der Waals surface area contributed by atoms with Crippen molar-refractivity contribution in [3.05, 3.63) is 75.5 Å². The van der Waals surface area contributed by atoms with Crippen molar-refractivity contribution in [1.29, 1.82) is 0 Å². The van der Waals surface area contributed by atoms with E-state index in [2.05, 4.69) is 32.9 Å². The summed E-state index contributed by atoms with van der Waals surface area (Å²) in [7, 11) is 0. The molecule has 1 saturated carbocycles. The number of esters is 1. The molecule has 37 heavy (non-hydrogen) atoms. The fourth-order valence-corrected chi connectivity index (χ4v) is 6.90. The molecule has 3 aliphatic rings. The third kappa shape index (κ3) is 4.88. The maximum absolute atomic E-state index is 13.9. The summed E-state index contributed by atoms with van der Waals surface area (Å²) in [6.45, 7) is 8.35. The number of ether oxygens (including phenoxy) is 1. The second-order valence-corrected chi connectivity index (χ2v) is 11.1. The van der Waals surface area contributed by atoms with Crippen LogP contribution in [0.3, 0.4) is 0 Å². The molecule has 2 aromatic carbocycles. The van der Waals surface area contributed by atoms with E-state index in [4.69, 9.17) is 9.73 Å². The van der Waals surface area contributed by atoms with Crippen LogP contribution in [0.15, 0.2) is 52.7 Å². The van der Waals surface area contributed by atoms with Crippen LogP contribution < -0.4 is 0 Å². The minimum absolute atomic E-state index is 0.0385. The maximum Gasteiger partial charge on any atom is 0.315 e. The molecule has 0 bridgehead atoms. The number of carbonyl (C=O) groups excluding carboxylic acids is 2. The molecule has 1 heterocycles. The molecule has 1 aliphatic heterocycles. The number of aryl methyl sites for hydroxylation is 3. The minimum Gasteiger partial charge on any atom is -0.508 e. The van der Waals surface area contributed by atoms with Gasteiger partial charge < -0.3 is 9.84 Å². The van der Waals surface area contributed by atoms with Crippen molar-refractivity contribution in [3.8, 4) is 5.75 Å². The van der Waals surface area contributed by atoms with Gasteiger partial charge in [-0.15, -0.1) is 0 Å². The molecule has 0 amide bonds. The van der Waals surface area contributed by atoms with Gasteiger partial charge >= 0.3 is 5.97 Å². The molecule has 3 atom stereocenters. The van der Waals surface area contributed by atoms with E-state index >= 15 is 0 Å². The molecular formula is C32H37NO4. The van der Waals surface area contributed by atoms with Gasteiger partial charge in [0.15, 0.2) is 5.78 Å². The monoisotopic (exact) mass is 499 g/mol. The van der Waals surface area contributed by atoms with Crippen molar-refractivity contribution in [1.82, 2.24) is 0 Å². The largest absolute Gasteiger partial charge is 0.508 e. The summed E-state index contributed by atoms with van der Waals surface area (Å²) in [5.74, 6) is -1.24.